The number of hydrogen-bond donors (Lipinski definition) is 0. The molecule has 4 nitrogen and oxygen atoms in total. The first-order valence-corrected chi connectivity index (χ1v) is 9.08. The molecular weight excluding hydrogens is 280 g/mol. The summed E-state index contributed by atoms with van der Waals surface area (Å²) < 4.78 is 26.8. The molecule has 0 radical (unpaired) electrons. The second-order valence-electron chi connectivity index (χ2n) is 5.36. The van der Waals surface area contributed by atoms with Gasteiger partial charge in [-0.05, 0) is 30.3 Å². The molecule has 6 heteroatoms. The average Bonchev–Trinajstić information content (AvgIpc) is 2.91. The van der Waals surface area contributed by atoms with Crippen molar-refractivity contribution < 1.29 is 8.42 Å². The number of thiophene rings is 1. The highest BCUT2D eigenvalue weighted by molar-refractivity contribution is 7.91. The van der Waals surface area contributed by atoms with Crippen LogP contribution in [-0.2, 0) is 10.0 Å². The van der Waals surface area contributed by atoms with E-state index in [1.54, 1.807) is 16.4 Å². The van der Waals surface area contributed by atoms with Crippen LogP contribution in [0.3, 0.4) is 0 Å². The van der Waals surface area contributed by atoms with Crippen molar-refractivity contribution in [3.63, 3.8) is 0 Å². The molecule has 0 spiro atoms. The maximum atomic E-state index is 12.3. The molecule has 1 aromatic heterocycles. The largest absolute Gasteiger partial charge is 0.301 e. The van der Waals surface area contributed by atoms with Gasteiger partial charge < -0.3 is 4.90 Å². The molecule has 1 aliphatic heterocycles. The van der Waals surface area contributed by atoms with Crippen molar-refractivity contribution in [2.24, 2.45) is 5.92 Å². The van der Waals surface area contributed by atoms with Gasteiger partial charge >= 0.3 is 0 Å². The number of nitrogens with zero attached hydrogens (tertiary/aromatic N) is 2. The quantitative estimate of drug-likeness (QED) is 0.836. The Bertz CT molecular complexity index is 475. The van der Waals surface area contributed by atoms with Crippen molar-refractivity contribution in [1.29, 1.82) is 0 Å². The lowest BCUT2D eigenvalue weighted by molar-refractivity contribution is 0.181. The van der Waals surface area contributed by atoms with Crippen molar-refractivity contribution in [1.82, 2.24) is 9.21 Å². The Labute approximate surface area is 120 Å². The normalized spacial score (nSPS) is 19.1. The van der Waals surface area contributed by atoms with E-state index in [0.717, 1.165) is 19.6 Å². The van der Waals surface area contributed by atoms with Crippen LogP contribution in [0, 0.1) is 5.92 Å². The SMILES string of the molecule is CC(C)CCN1CCN(S(=O)(=O)c2cccs2)CC1. The first-order chi connectivity index (χ1) is 9.00. The molecule has 1 aromatic rings. The average molecular weight is 302 g/mol. The van der Waals surface area contributed by atoms with Crippen LogP contribution in [0.4, 0.5) is 0 Å². The van der Waals surface area contributed by atoms with E-state index in [9.17, 15) is 8.42 Å². The summed E-state index contributed by atoms with van der Waals surface area (Å²) in [6.07, 6.45) is 1.18. The Morgan fingerprint density at radius 1 is 1.26 bits per heavy atom. The third-order valence-corrected chi connectivity index (χ3v) is 6.71. The first kappa shape index (κ1) is 15.0. The summed E-state index contributed by atoms with van der Waals surface area (Å²) in [5.41, 5.74) is 0. The minimum Gasteiger partial charge on any atom is -0.301 e. The van der Waals surface area contributed by atoms with Crippen LogP contribution in [0.1, 0.15) is 20.3 Å². The molecule has 1 aliphatic rings. The highest BCUT2D eigenvalue weighted by atomic mass is 32.2. The molecule has 0 aromatic carbocycles. The molecule has 1 fully saturated rings. The van der Waals surface area contributed by atoms with Crippen LogP contribution in [-0.4, -0.2) is 50.3 Å². The number of sulfonamides is 1. The Balaban J connectivity index is 1.90. The van der Waals surface area contributed by atoms with Gasteiger partial charge in [0.25, 0.3) is 10.0 Å². The smallest absolute Gasteiger partial charge is 0.252 e. The van der Waals surface area contributed by atoms with Crippen molar-refractivity contribution >= 4 is 21.4 Å². The van der Waals surface area contributed by atoms with Crippen molar-refractivity contribution in [3.05, 3.63) is 17.5 Å². The number of piperazine rings is 1. The second kappa shape index (κ2) is 6.35. The minimum absolute atomic E-state index is 0.461. The molecule has 2 heterocycles. The fourth-order valence-corrected chi connectivity index (χ4v) is 4.74. The van der Waals surface area contributed by atoms with Gasteiger partial charge in [-0.15, -0.1) is 11.3 Å². The Kier molecular flexibility index (Phi) is 5.00. The molecular formula is C13H22N2O2S2. The third kappa shape index (κ3) is 3.78. The maximum Gasteiger partial charge on any atom is 0.252 e. The van der Waals surface area contributed by atoms with Crippen LogP contribution in [0.15, 0.2) is 21.7 Å². The van der Waals surface area contributed by atoms with E-state index in [-0.39, 0.29) is 0 Å². The van der Waals surface area contributed by atoms with Crippen LogP contribution in [0.5, 0.6) is 0 Å². The summed E-state index contributed by atoms with van der Waals surface area (Å²) in [5, 5.41) is 1.81. The Hall–Kier alpha value is -0.430. The molecule has 0 saturated carbocycles. The lowest BCUT2D eigenvalue weighted by Crippen LogP contribution is -2.48. The number of hydrogen-bond acceptors (Lipinski definition) is 4. The van der Waals surface area contributed by atoms with Gasteiger partial charge in [0.2, 0.25) is 0 Å². The van der Waals surface area contributed by atoms with E-state index in [1.807, 2.05) is 5.38 Å². The Morgan fingerprint density at radius 2 is 1.95 bits per heavy atom. The van der Waals surface area contributed by atoms with Gasteiger partial charge in [-0.25, -0.2) is 8.42 Å². The summed E-state index contributed by atoms with van der Waals surface area (Å²) >= 11 is 1.30. The topological polar surface area (TPSA) is 40.6 Å². The van der Waals surface area contributed by atoms with E-state index in [0.29, 0.717) is 23.2 Å². The monoisotopic (exact) mass is 302 g/mol. The predicted molar refractivity (Wildman–Crippen MR) is 79.0 cm³/mol. The van der Waals surface area contributed by atoms with E-state index in [4.69, 9.17) is 0 Å². The predicted octanol–water partition coefficient (Wildman–Crippen LogP) is 2.10. The zero-order valence-electron chi connectivity index (χ0n) is 11.6. The van der Waals surface area contributed by atoms with E-state index in [1.165, 1.54) is 17.8 Å². The summed E-state index contributed by atoms with van der Waals surface area (Å²) in [5.74, 6) is 0.702. The van der Waals surface area contributed by atoms with Crippen molar-refractivity contribution in [3.8, 4) is 0 Å². The zero-order chi connectivity index (χ0) is 13.9. The summed E-state index contributed by atoms with van der Waals surface area (Å²) in [6, 6.07) is 3.47. The molecule has 0 N–H and O–H groups in total. The van der Waals surface area contributed by atoms with Gasteiger partial charge in [-0.3, -0.25) is 0 Å². The fraction of sp³-hybridized carbons (Fsp3) is 0.692. The molecule has 0 bridgehead atoms. The molecule has 2 rings (SSSR count). The molecule has 108 valence electrons. The van der Waals surface area contributed by atoms with Crippen molar-refractivity contribution in [2.75, 3.05) is 32.7 Å². The van der Waals surface area contributed by atoms with Crippen molar-refractivity contribution in [2.45, 2.75) is 24.5 Å². The summed E-state index contributed by atoms with van der Waals surface area (Å²) in [7, 11) is -3.25. The lowest BCUT2D eigenvalue weighted by atomic mass is 10.1. The van der Waals surface area contributed by atoms with Gasteiger partial charge in [0.15, 0.2) is 0 Å². The molecule has 0 atom stereocenters. The minimum atomic E-state index is -3.25. The fourth-order valence-electron chi connectivity index (χ4n) is 2.17. The molecule has 0 amide bonds. The standard InChI is InChI=1S/C13H22N2O2S2/c1-12(2)5-6-14-7-9-15(10-8-14)19(16,17)13-4-3-11-18-13/h3-4,11-12H,5-10H2,1-2H3. The van der Waals surface area contributed by atoms with Gasteiger partial charge in [-0.2, -0.15) is 4.31 Å². The lowest BCUT2D eigenvalue weighted by Gasteiger charge is -2.33. The van der Waals surface area contributed by atoms with E-state index >= 15 is 0 Å². The van der Waals surface area contributed by atoms with Gasteiger partial charge in [0, 0.05) is 26.2 Å². The van der Waals surface area contributed by atoms with Gasteiger partial charge in [-0.1, -0.05) is 19.9 Å². The van der Waals surface area contributed by atoms with Gasteiger partial charge in [0.05, 0.1) is 0 Å². The molecule has 1 saturated heterocycles. The van der Waals surface area contributed by atoms with Crippen LogP contribution >= 0.6 is 11.3 Å². The first-order valence-electron chi connectivity index (χ1n) is 6.76. The summed E-state index contributed by atoms with van der Waals surface area (Å²) in [4.78, 5) is 2.36. The molecule has 0 aliphatic carbocycles. The highest BCUT2D eigenvalue weighted by Crippen LogP contribution is 2.22. The highest BCUT2D eigenvalue weighted by Gasteiger charge is 2.28. The molecule has 19 heavy (non-hydrogen) atoms. The Morgan fingerprint density at radius 3 is 2.47 bits per heavy atom. The van der Waals surface area contributed by atoms with Crippen LogP contribution in [0.25, 0.3) is 0 Å². The summed E-state index contributed by atoms with van der Waals surface area (Å²) in [6.45, 7) is 8.42. The van der Waals surface area contributed by atoms with Crippen LogP contribution < -0.4 is 0 Å². The third-order valence-electron chi connectivity index (χ3n) is 3.44. The van der Waals surface area contributed by atoms with Crippen LogP contribution in [0.2, 0.25) is 0 Å². The van der Waals surface area contributed by atoms with Gasteiger partial charge in [0.1, 0.15) is 4.21 Å². The number of rotatable bonds is 5. The zero-order valence-corrected chi connectivity index (χ0v) is 13.2. The van der Waals surface area contributed by atoms with E-state index < -0.39 is 10.0 Å². The maximum absolute atomic E-state index is 12.3. The van der Waals surface area contributed by atoms with E-state index in [2.05, 4.69) is 18.7 Å². The second-order valence-corrected chi connectivity index (χ2v) is 8.47. The molecule has 0 unspecified atom stereocenters.